The van der Waals surface area contributed by atoms with Gasteiger partial charge in [0.15, 0.2) is 24.7 Å². The van der Waals surface area contributed by atoms with Crippen LogP contribution in [-0.2, 0) is 50.0 Å². The van der Waals surface area contributed by atoms with Crippen LogP contribution in [0.5, 0.6) is 11.5 Å². The molecule has 0 unspecified atom stereocenters. The summed E-state index contributed by atoms with van der Waals surface area (Å²) in [5.41, 5.74) is 2.83. The number of fused-ring (bicyclic) bond motifs is 4. The number of nitrogens with zero attached hydrogens (tertiary/aromatic N) is 3. The number of para-hydroxylation sites is 2. The van der Waals surface area contributed by atoms with Crippen LogP contribution >= 0.6 is 0 Å². The number of esters is 1. The second-order valence-electron chi connectivity index (χ2n) is 19.1. The van der Waals surface area contributed by atoms with Gasteiger partial charge in [0.2, 0.25) is 0 Å². The highest BCUT2D eigenvalue weighted by Gasteiger charge is 2.24. The summed E-state index contributed by atoms with van der Waals surface area (Å²) in [6, 6.07) is 39.3. The van der Waals surface area contributed by atoms with Crippen LogP contribution in [0.4, 0.5) is 4.79 Å². The van der Waals surface area contributed by atoms with Gasteiger partial charge >= 0.3 is 12.1 Å². The summed E-state index contributed by atoms with van der Waals surface area (Å²) < 4.78 is 23.3. The molecule has 0 fully saturated rings. The van der Waals surface area contributed by atoms with Gasteiger partial charge in [-0.25, -0.2) is 4.79 Å². The molecular weight excluding hydrogens is 857 g/mol. The molecule has 12 heteroatoms. The molecular formula is C56H62N4O8. The zero-order valence-corrected chi connectivity index (χ0v) is 40.6. The molecule has 0 aromatic heterocycles. The number of hydrogen-bond donors (Lipinski definition) is 1. The third-order valence-electron chi connectivity index (χ3n) is 11.6. The molecule has 0 heterocycles. The van der Waals surface area contributed by atoms with E-state index < -0.39 is 17.3 Å². The molecule has 0 saturated carbocycles. The Hall–Kier alpha value is -7.18. The number of rotatable bonds is 16. The Kier molecular flexibility index (Phi) is 14.9. The summed E-state index contributed by atoms with van der Waals surface area (Å²) in [6.07, 6.45) is -0.407. The van der Waals surface area contributed by atoms with Gasteiger partial charge in [-0.2, -0.15) is 0 Å². The SMILES string of the molecule is CN(Cc1c2ccccc2c(CNCC(=O)OC(C)(C)C)c2ccccc12)C(=O)COc1ccccc1OCC(=O)N(C)Cc1c2ccccc2c(CN(C)C(=O)OC(C)(C)C)c2ccccc12. The fraction of sp³-hybridized carbons (Fsp3) is 0.321. The van der Waals surface area contributed by atoms with Gasteiger partial charge in [-0.05, 0) is 119 Å². The van der Waals surface area contributed by atoms with Gasteiger partial charge < -0.3 is 39.0 Å². The number of carbonyl (C=O) groups is 4. The lowest BCUT2D eigenvalue weighted by Gasteiger charge is -2.26. The smallest absolute Gasteiger partial charge is 0.410 e. The van der Waals surface area contributed by atoms with Crippen LogP contribution < -0.4 is 14.8 Å². The van der Waals surface area contributed by atoms with E-state index in [0.717, 1.165) is 65.3 Å². The molecule has 0 radical (unpaired) electrons. The molecule has 7 rings (SSSR count). The van der Waals surface area contributed by atoms with Crippen molar-refractivity contribution in [2.24, 2.45) is 0 Å². The van der Waals surface area contributed by atoms with Gasteiger partial charge in [0, 0.05) is 47.3 Å². The van der Waals surface area contributed by atoms with E-state index in [1.807, 2.05) is 114 Å². The average molecular weight is 919 g/mol. The molecule has 0 bridgehead atoms. The lowest BCUT2D eigenvalue weighted by atomic mass is 9.91. The molecule has 0 spiro atoms. The fourth-order valence-electron chi connectivity index (χ4n) is 8.47. The van der Waals surface area contributed by atoms with Crippen molar-refractivity contribution in [3.63, 3.8) is 0 Å². The third kappa shape index (κ3) is 11.7. The van der Waals surface area contributed by atoms with Gasteiger partial charge in [0.25, 0.3) is 11.8 Å². The van der Waals surface area contributed by atoms with Crippen LogP contribution in [0.1, 0.15) is 63.8 Å². The monoisotopic (exact) mass is 918 g/mol. The van der Waals surface area contributed by atoms with E-state index in [9.17, 15) is 19.2 Å². The van der Waals surface area contributed by atoms with E-state index in [2.05, 4.69) is 29.6 Å². The Labute approximate surface area is 398 Å². The largest absolute Gasteiger partial charge is 0.480 e. The number of nitrogens with one attached hydrogen (secondary N) is 1. The Morgan fingerprint density at radius 3 is 1.09 bits per heavy atom. The van der Waals surface area contributed by atoms with Crippen LogP contribution in [0.2, 0.25) is 0 Å². The van der Waals surface area contributed by atoms with Crippen molar-refractivity contribution >= 4 is 67.0 Å². The molecule has 0 aliphatic heterocycles. The first-order valence-electron chi connectivity index (χ1n) is 22.9. The van der Waals surface area contributed by atoms with Crippen molar-refractivity contribution in [3.8, 4) is 11.5 Å². The number of hydrogen-bond acceptors (Lipinski definition) is 9. The summed E-state index contributed by atoms with van der Waals surface area (Å²) in [4.78, 5) is 57.9. The second kappa shape index (κ2) is 20.8. The maximum Gasteiger partial charge on any atom is 0.410 e. The van der Waals surface area contributed by atoms with Crippen LogP contribution in [-0.4, -0.2) is 90.7 Å². The van der Waals surface area contributed by atoms with Crippen LogP contribution in [0.3, 0.4) is 0 Å². The Balaban J connectivity index is 1.01. The highest BCUT2D eigenvalue weighted by molar-refractivity contribution is 6.07. The molecule has 0 saturated heterocycles. The van der Waals surface area contributed by atoms with E-state index >= 15 is 0 Å². The average Bonchev–Trinajstić information content (AvgIpc) is 3.30. The zero-order chi connectivity index (χ0) is 48.8. The number of likely N-dealkylation sites (N-methyl/N-ethyl adjacent to an activating group) is 2. The number of amides is 3. The standard InChI is InChI=1S/C56H62N4O8/c1-55(2,3)67-53(63)31-57-30-45-37-20-10-12-22-39(37)46(40-23-13-11-21-38(40)45)32-58(7)51(61)35-65-49-28-18-19-29-50(49)66-36-52(62)59(8)33-47-41-24-14-16-26-43(41)48(44-27-17-15-25-42(44)47)34-60(9)54(64)68-56(4,5)6/h10-29,57H,30-36H2,1-9H3. The van der Waals surface area contributed by atoms with Gasteiger partial charge in [0.05, 0.1) is 6.54 Å². The van der Waals surface area contributed by atoms with Crippen molar-refractivity contribution in [1.29, 1.82) is 0 Å². The lowest BCUT2D eigenvalue weighted by molar-refractivity contribution is -0.153. The molecule has 0 aliphatic rings. The highest BCUT2D eigenvalue weighted by atomic mass is 16.6. The van der Waals surface area contributed by atoms with Gasteiger partial charge in [0.1, 0.15) is 11.2 Å². The first-order valence-corrected chi connectivity index (χ1v) is 22.9. The van der Waals surface area contributed by atoms with Crippen LogP contribution in [0.15, 0.2) is 121 Å². The number of carbonyl (C=O) groups excluding carboxylic acids is 4. The minimum atomic E-state index is -0.624. The van der Waals surface area contributed by atoms with Gasteiger partial charge in [-0.3, -0.25) is 14.4 Å². The number of ether oxygens (including phenoxy) is 4. The topological polar surface area (TPSA) is 127 Å². The molecule has 7 aromatic carbocycles. The van der Waals surface area contributed by atoms with E-state index in [4.69, 9.17) is 18.9 Å². The molecule has 68 heavy (non-hydrogen) atoms. The summed E-state index contributed by atoms with van der Waals surface area (Å²) >= 11 is 0. The minimum Gasteiger partial charge on any atom is -0.480 e. The van der Waals surface area contributed by atoms with Crippen molar-refractivity contribution < 1.29 is 38.1 Å². The maximum atomic E-state index is 13.8. The summed E-state index contributed by atoms with van der Waals surface area (Å²) in [6.45, 7) is 12.1. The lowest BCUT2D eigenvalue weighted by Crippen LogP contribution is -2.34. The van der Waals surface area contributed by atoms with Crippen molar-refractivity contribution in [3.05, 3.63) is 144 Å². The first kappa shape index (κ1) is 48.7. The second-order valence-corrected chi connectivity index (χ2v) is 19.1. The Morgan fingerprint density at radius 1 is 0.441 bits per heavy atom. The summed E-state index contributed by atoms with van der Waals surface area (Å²) in [5, 5.41) is 11.3. The first-order chi connectivity index (χ1) is 32.4. The highest BCUT2D eigenvalue weighted by Crippen LogP contribution is 2.36. The van der Waals surface area contributed by atoms with Crippen LogP contribution in [0, 0.1) is 0 Å². The molecule has 7 aromatic rings. The van der Waals surface area contributed by atoms with Crippen molar-refractivity contribution in [2.45, 2.75) is 78.9 Å². The third-order valence-corrected chi connectivity index (χ3v) is 11.6. The molecule has 12 nitrogen and oxygen atoms in total. The predicted molar refractivity (Wildman–Crippen MR) is 269 cm³/mol. The van der Waals surface area contributed by atoms with Crippen LogP contribution in [0.25, 0.3) is 43.1 Å². The normalized spacial score (nSPS) is 11.7. The minimum absolute atomic E-state index is 0.0744. The van der Waals surface area contributed by atoms with Gasteiger partial charge in [-0.1, -0.05) is 109 Å². The molecule has 0 aliphatic carbocycles. The predicted octanol–water partition coefficient (Wildman–Crippen LogP) is 10.2. The quantitative estimate of drug-likeness (QED) is 0.0745. The number of benzene rings is 7. The maximum absolute atomic E-state index is 13.8. The molecule has 1 N–H and O–H groups in total. The molecule has 354 valence electrons. The van der Waals surface area contributed by atoms with Gasteiger partial charge in [-0.15, -0.1) is 0 Å². The zero-order valence-electron chi connectivity index (χ0n) is 40.6. The van der Waals surface area contributed by atoms with E-state index in [-0.39, 0.29) is 37.5 Å². The summed E-state index contributed by atoms with van der Waals surface area (Å²) in [7, 11) is 5.24. The fourth-order valence-corrected chi connectivity index (χ4v) is 8.47. The van der Waals surface area contributed by atoms with E-state index in [0.29, 0.717) is 37.7 Å². The Bertz CT molecular complexity index is 2880. The van der Waals surface area contributed by atoms with E-state index in [1.54, 1.807) is 60.1 Å². The van der Waals surface area contributed by atoms with Crippen molar-refractivity contribution in [2.75, 3.05) is 40.9 Å². The van der Waals surface area contributed by atoms with Crippen molar-refractivity contribution in [1.82, 2.24) is 20.0 Å². The Morgan fingerprint density at radius 2 is 0.750 bits per heavy atom. The van der Waals surface area contributed by atoms with E-state index in [1.165, 1.54) is 0 Å². The molecule has 3 amide bonds. The molecule has 0 atom stereocenters. The summed E-state index contributed by atoms with van der Waals surface area (Å²) in [5.74, 6) is -0.128.